The molecular formula is C10H17N3. The van der Waals surface area contributed by atoms with Crippen LogP contribution < -0.4 is 11.5 Å². The summed E-state index contributed by atoms with van der Waals surface area (Å²) in [5.74, 6) is 0. The SMILES string of the molecule is CCC(N)Cc1ccnc(CN)c1. The maximum Gasteiger partial charge on any atom is 0.0542 e. The lowest BCUT2D eigenvalue weighted by Crippen LogP contribution is -2.21. The average Bonchev–Trinajstić information content (AvgIpc) is 2.18. The van der Waals surface area contributed by atoms with Gasteiger partial charge in [0.1, 0.15) is 0 Å². The standard InChI is InChI=1S/C10H17N3/c1-2-9(12)5-8-3-4-13-10(6-8)7-11/h3-4,6,9H,2,5,7,11-12H2,1H3. The van der Waals surface area contributed by atoms with Crippen molar-refractivity contribution in [3.05, 3.63) is 29.6 Å². The van der Waals surface area contributed by atoms with E-state index in [0.717, 1.165) is 18.5 Å². The van der Waals surface area contributed by atoms with Crippen molar-refractivity contribution in [3.8, 4) is 0 Å². The van der Waals surface area contributed by atoms with Crippen LogP contribution in [0.2, 0.25) is 0 Å². The van der Waals surface area contributed by atoms with Gasteiger partial charge in [0, 0.05) is 18.8 Å². The van der Waals surface area contributed by atoms with Crippen LogP contribution in [0, 0.1) is 0 Å². The van der Waals surface area contributed by atoms with Crippen LogP contribution in [0.1, 0.15) is 24.6 Å². The van der Waals surface area contributed by atoms with Gasteiger partial charge < -0.3 is 11.5 Å². The minimum absolute atomic E-state index is 0.244. The van der Waals surface area contributed by atoms with E-state index in [0.29, 0.717) is 6.54 Å². The first kappa shape index (κ1) is 10.2. The molecule has 0 aliphatic rings. The molecule has 0 saturated heterocycles. The summed E-state index contributed by atoms with van der Waals surface area (Å²) in [7, 11) is 0. The molecule has 1 unspecified atom stereocenters. The molecule has 1 heterocycles. The fourth-order valence-electron chi connectivity index (χ4n) is 1.21. The van der Waals surface area contributed by atoms with Crippen molar-refractivity contribution >= 4 is 0 Å². The van der Waals surface area contributed by atoms with E-state index in [9.17, 15) is 0 Å². The molecule has 13 heavy (non-hydrogen) atoms. The second kappa shape index (κ2) is 4.94. The Bertz CT molecular complexity index is 260. The van der Waals surface area contributed by atoms with Gasteiger partial charge in [-0.3, -0.25) is 4.98 Å². The highest BCUT2D eigenvalue weighted by molar-refractivity contribution is 5.17. The van der Waals surface area contributed by atoms with E-state index in [1.165, 1.54) is 5.56 Å². The minimum atomic E-state index is 0.244. The second-order valence-electron chi connectivity index (χ2n) is 3.23. The van der Waals surface area contributed by atoms with E-state index < -0.39 is 0 Å². The van der Waals surface area contributed by atoms with Crippen molar-refractivity contribution in [1.29, 1.82) is 0 Å². The summed E-state index contributed by atoms with van der Waals surface area (Å²) in [4.78, 5) is 4.13. The molecule has 72 valence electrons. The van der Waals surface area contributed by atoms with Crippen LogP contribution in [0.15, 0.2) is 18.3 Å². The van der Waals surface area contributed by atoms with E-state index in [-0.39, 0.29) is 6.04 Å². The largest absolute Gasteiger partial charge is 0.327 e. The molecule has 3 heteroatoms. The molecule has 1 atom stereocenters. The van der Waals surface area contributed by atoms with E-state index >= 15 is 0 Å². The second-order valence-corrected chi connectivity index (χ2v) is 3.23. The molecule has 4 N–H and O–H groups in total. The van der Waals surface area contributed by atoms with Crippen LogP contribution in [0.5, 0.6) is 0 Å². The number of aromatic nitrogens is 1. The van der Waals surface area contributed by atoms with E-state index in [4.69, 9.17) is 11.5 Å². The molecular weight excluding hydrogens is 162 g/mol. The molecule has 0 radical (unpaired) electrons. The summed E-state index contributed by atoms with van der Waals surface area (Å²) in [5.41, 5.74) is 13.5. The lowest BCUT2D eigenvalue weighted by atomic mass is 10.1. The van der Waals surface area contributed by atoms with Crippen LogP contribution >= 0.6 is 0 Å². The fraction of sp³-hybridized carbons (Fsp3) is 0.500. The molecule has 0 bridgehead atoms. The predicted molar refractivity (Wildman–Crippen MR) is 54.1 cm³/mol. The first-order valence-corrected chi connectivity index (χ1v) is 4.65. The number of hydrogen-bond donors (Lipinski definition) is 2. The molecule has 0 saturated carbocycles. The number of pyridine rings is 1. The molecule has 0 spiro atoms. The molecule has 1 aromatic rings. The first-order valence-electron chi connectivity index (χ1n) is 4.65. The van der Waals surface area contributed by atoms with Crippen LogP contribution in [0.25, 0.3) is 0 Å². The molecule has 1 rings (SSSR count). The first-order chi connectivity index (χ1) is 6.26. The minimum Gasteiger partial charge on any atom is -0.327 e. The van der Waals surface area contributed by atoms with Gasteiger partial charge in [-0.15, -0.1) is 0 Å². The van der Waals surface area contributed by atoms with Gasteiger partial charge >= 0.3 is 0 Å². The topological polar surface area (TPSA) is 64.9 Å². The monoisotopic (exact) mass is 179 g/mol. The van der Waals surface area contributed by atoms with Crippen molar-refractivity contribution in [2.75, 3.05) is 0 Å². The van der Waals surface area contributed by atoms with Crippen molar-refractivity contribution < 1.29 is 0 Å². The Morgan fingerprint density at radius 3 is 2.92 bits per heavy atom. The van der Waals surface area contributed by atoms with Gasteiger partial charge in [-0.2, -0.15) is 0 Å². The highest BCUT2D eigenvalue weighted by atomic mass is 14.7. The third-order valence-electron chi connectivity index (χ3n) is 2.11. The summed E-state index contributed by atoms with van der Waals surface area (Å²) in [6.45, 7) is 2.59. The maximum atomic E-state index is 5.84. The zero-order valence-electron chi connectivity index (χ0n) is 8.03. The lowest BCUT2D eigenvalue weighted by molar-refractivity contribution is 0.645. The van der Waals surface area contributed by atoms with Gasteiger partial charge in [0.25, 0.3) is 0 Å². The van der Waals surface area contributed by atoms with Gasteiger partial charge in [-0.1, -0.05) is 6.92 Å². The lowest BCUT2D eigenvalue weighted by Gasteiger charge is -2.08. The van der Waals surface area contributed by atoms with Gasteiger partial charge in [0.2, 0.25) is 0 Å². The number of rotatable bonds is 4. The molecule has 0 amide bonds. The quantitative estimate of drug-likeness (QED) is 0.719. The molecule has 0 aliphatic heterocycles. The van der Waals surface area contributed by atoms with Gasteiger partial charge in [0.05, 0.1) is 5.69 Å². The Kier molecular flexibility index (Phi) is 3.86. The smallest absolute Gasteiger partial charge is 0.0542 e. The zero-order valence-corrected chi connectivity index (χ0v) is 8.03. The maximum absolute atomic E-state index is 5.84. The summed E-state index contributed by atoms with van der Waals surface area (Å²) >= 11 is 0. The van der Waals surface area contributed by atoms with E-state index in [2.05, 4.69) is 11.9 Å². The Morgan fingerprint density at radius 1 is 1.54 bits per heavy atom. The molecule has 0 aliphatic carbocycles. The van der Waals surface area contributed by atoms with Gasteiger partial charge in [-0.05, 0) is 30.5 Å². The summed E-state index contributed by atoms with van der Waals surface area (Å²) in [5, 5.41) is 0. The van der Waals surface area contributed by atoms with Crippen molar-refractivity contribution in [1.82, 2.24) is 4.98 Å². The Balaban J connectivity index is 2.66. The summed E-state index contributed by atoms with van der Waals surface area (Å²) < 4.78 is 0. The highest BCUT2D eigenvalue weighted by Crippen LogP contribution is 2.05. The van der Waals surface area contributed by atoms with Gasteiger partial charge in [-0.25, -0.2) is 0 Å². The van der Waals surface area contributed by atoms with Crippen molar-refractivity contribution in [2.24, 2.45) is 11.5 Å². The molecule has 3 nitrogen and oxygen atoms in total. The number of hydrogen-bond acceptors (Lipinski definition) is 3. The van der Waals surface area contributed by atoms with Crippen LogP contribution in [0.3, 0.4) is 0 Å². The Hall–Kier alpha value is -0.930. The van der Waals surface area contributed by atoms with Crippen LogP contribution in [-0.4, -0.2) is 11.0 Å². The van der Waals surface area contributed by atoms with Crippen molar-refractivity contribution in [2.45, 2.75) is 32.4 Å². The van der Waals surface area contributed by atoms with Gasteiger partial charge in [0.15, 0.2) is 0 Å². The normalized spacial score (nSPS) is 12.8. The molecule has 1 aromatic heterocycles. The zero-order chi connectivity index (χ0) is 9.68. The Labute approximate surface area is 79.2 Å². The summed E-state index contributed by atoms with van der Waals surface area (Å²) in [6, 6.07) is 4.26. The van der Waals surface area contributed by atoms with E-state index in [1.54, 1.807) is 6.20 Å². The third kappa shape index (κ3) is 3.13. The van der Waals surface area contributed by atoms with Crippen LogP contribution in [-0.2, 0) is 13.0 Å². The predicted octanol–water partition coefficient (Wildman–Crippen LogP) is 0.820. The third-order valence-corrected chi connectivity index (χ3v) is 2.11. The highest BCUT2D eigenvalue weighted by Gasteiger charge is 2.01. The number of nitrogens with zero attached hydrogens (tertiary/aromatic N) is 1. The average molecular weight is 179 g/mol. The molecule has 0 aromatic carbocycles. The van der Waals surface area contributed by atoms with E-state index in [1.807, 2.05) is 12.1 Å². The summed E-state index contributed by atoms with van der Waals surface area (Å²) in [6.07, 6.45) is 3.70. The fourth-order valence-corrected chi connectivity index (χ4v) is 1.21. The number of nitrogens with two attached hydrogens (primary N) is 2. The van der Waals surface area contributed by atoms with Crippen molar-refractivity contribution in [3.63, 3.8) is 0 Å². The molecule has 0 fully saturated rings. The Morgan fingerprint density at radius 2 is 2.31 bits per heavy atom. The van der Waals surface area contributed by atoms with Crippen LogP contribution in [0.4, 0.5) is 0 Å².